The maximum absolute atomic E-state index is 13.4. The molecule has 4 heteroatoms. The van der Waals surface area contributed by atoms with Gasteiger partial charge in [-0.2, -0.15) is 0 Å². The van der Waals surface area contributed by atoms with Gasteiger partial charge < -0.3 is 0 Å². The molecule has 4 aromatic rings. The van der Waals surface area contributed by atoms with Crippen LogP contribution in [0.5, 0.6) is 0 Å². The molecule has 1 amide bonds. The lowest BCUT2D eigenvalue weighted by atomic mass is 10.0. The lowest BCUT2D eigenvalue weighted by Crippen LogP contribution is -2.31. The molecule has 1 aromatic heterocycles. The van der Waals surface area contributed by atoms with Gasteiger partial charge in [0.25, 0.3) is 0 Å². The van der Waals surface area contributed by atoms with Crippen molar-refractivity contribution in [2.45, 2.75) is 39.7 Å². The molecule has 0 aliphatic rings. The highest BCUT2D eigenvalue weighted by molar-refractivity contribution is 7.22. The average Bonchev–Trinajstić information content (AvgIpc) is 3.18. The third kappa shape index (κ3) is 4.44. The van der Waals surface area contributed by atoms with E-state index in [0.29, 0.717) is 18.9 Å². The normalized spacial score (nSPS) is 11.2. The van der Waals surface area contributed by atoms with Gasteiger partial charge in [-0.25, -0.2) is 4.98 Å². The zero-order valence-corrected chi connectivity index (χ0v) is 18.4. The van der Waals surface area contributed by atoms with Gasteiger partial charge in [0.2, 0.25) is 5.91 Å². The van der Waals surface area contributed by atoms with E-state index < -0.39 is 0 Å². The number of aromatic nitrogens is 1. The van der Waals surface area contributed by atoms with E-state index in [2.05, 4.69) is 63.2 Å². The summed E-state index contributed by atoms with van der Waals surface area (Å²) in [5.41, 5.74) is 5.54. The monoisotopic (exact) mass is 414 g/mol. The number of carbonyl (C=O) groups excluding carboxylic acids is 1. The Morgan fingerprint density at radius 1 is 0.933 bits per heavy atom. The fraction of sp³-hybridized carbons (Fsp3) is 0.231. The Kier molecular flexibility index (Phi) is 5.96. The van der Waals surface area contributed by atoms with Gasteiger partial charge in [-0.15, -0.1) is 0 Å². The molecule has 4 rings (SSSR count). The lowest BCUT2D eigenvalue weighted by molar-refractivity contribution is -0.118. The van der Waals surface area contributed by atoms with Gasteiger partial charge in [0.1, 0.15) is 0 Å². The number of carbonyl (C=O) groups is 1. The first-order valence-corrected chi connectivity index (χ1v) is 11.1. The summed E-state index contributed by atoms with van der Waals surface area (Å²) in [4.78, 5) is 20.2. The van der Waals surface area contributed by atoms with Crippen molar-refractivity contribution in [1.29, 1.82) is 0 Å². The summed E-state index contributed by atoms with van der Waals surface area (Å²) in [5, 5.41) is 0.763. The molecule has 3 nitrogen and oxygen atoms in total. The first-order chi connectivity index (χ1) is 14.5. The van der Waals surface area contributed by atoms with Crippen LogP contribution in [0.3, 0.4) is 0 Å². The Morgan fingerprint density at radius 2 is 1.67 bits per heavy atom. The predicted octanol–water partition coefficient (Wildman–Crippen LogP) is 6.50. The molecular weight excluding hydrogens is 388 g/mol. The smallest absolute Gasteiger partial charge is 0.233 e. The van der Waals surface area contributed by atoms with E-state index in [0.717, 1.165) is 26.5 Å². The Labute approximate surface area is 182 Å². The summed E-state index contributed by atoms with van der Waals surface area (Å²) in [6.45, 7) is 6.93. The van der Waals surface area contributed by atoms with E-state index in [-0.39, 0.29) is 5.91 Å². The first kappa shape index (κ1) is 20.3. The molecule has 0 saturated carbocycles. The Morgan fingerprint density at radius 3 is 2.37 bits per heavy atom. The van der Waals surface area contributed by atoms with Gasteiger partial charge >= 0.3 is 0 Å². The number of amides is 1. The second kappa shape index (κ2) is 8.80. The standard InChI is InChI=1S/C26H26N2OS/c1-18(2)22-10-7-11-23-25(22)27-26(30-23)28(17-21-8-5-4-6-9-21)24(29)16-20-14-12-19(3)13-15-20/h4-15,18H,16-17H2,1-3H3. The Bertz CT molecular complexity index is 1150. The molecule has 0 N–H and O–H groups in total. The van der Waals surface area contributed by atoms with Crippen molar-refractivity contribution >= 4 is 32.6 Å². The number of anilines is 1. The molecule has 0 bridgehead atoms. The molecule has 30 heavy (non-hydrogen) atoms. The van der Waals surface area contributed by atoms with Crippen molar-refractivity contribution in [1.82, 2.24) is 4.98 Å². The van der Waals surface area contributed by atoms with E-state index in [4.69, 9.17) is 4.98 Å². The molecular formula is C26H26N2OS. The Hall–Kier alpha value is -2.98. The summed E-state index contributed by atoms with van der Waals surface area (Å²) in [5.74, 6) is 0.447. The minimum atomic E-state index is 0.0628. The van der Waals surface area contributed by atoms with Crippen LogP contribution in [0.25, 0.3) is 10.2 Å². The molecule has 0 radical (unpaired) electrons. The number of para-hydroxylation sites is 1. The average molecular weight is 415 g/mol. The third-order valence-electron chi connectivity index (χ3n) is 5.25. The predicted molar refractivity (Wildman–Crippen MR) is 126 cm³/mol. The van der Waals surface area contributed by atoms with Crippen molar-refractivity contribution in [3.05, 3.63) is 95.1 Å². The molecule has 0 fully saturated rings. The van der Waals surface area contributed by atoms with E-state index in [9.17, 15) is 4.79 Å². The molecule has 0 spiro atoms. The fourth-order valence-electron chi connectivity index (χ4n) is 3.54. The van der Waals surface area contributed by atoms with Crippen LogP contribution in [0.1, 0.15) is 42.0 Å². The number of thiazole rings is 1. The minimum Gasteiger partial charge on any atom is -0.283 e. The van der Waals surface area contributed by atoms with Crippen molar-refractivity contribution in [2.24, 2.45) is 0 Å². The number of nitrogens with zero attached hydrogens (tertiary/aromatic N) is 2. The summed E-state index contributed by atoms with van der Waals surface area (Å²) in [7, 11) is 0. The van der Waals surface area contributed by atoms with E-state index in [1.54, 1.807) is 11.3 Å². The highest BCUT2D eigenvalue weighted by Crippen LogP contribution is 2.34. The van der Waals surface area contributed by atoms with Gasteiger partial charge in [-0.05, 0) is 35.6 Å². The van der Waals surface area contributed by atoms with Crippen LogP contribution >= 0.6 is 11.3 Å². The van der Waals surface area contributed by atoms with E-state index >= 15 is 0 Å². The van der Waals surface area contributed by atoms with Crippen LogP contribution in [0.2, 0.25) is 0 Å². The van der Waals surface area contributed by atoms with Crippen molar-refractivity contribution in [3.8, 4) is 0 Å². The van der Waals surface area contributed by atoms with Crippen molar-refractivity contribution in [3.63, 3.8) is 0 Å². The van der Waals surface area contributed by atoms with Gasteiger partial charge in [0.05, 0.1) is 23.2 Å². The minimum absolute atomic E-state index is 0.0628. The SMILES string of the molecule is Cc1ccc(CC(=O)N(Cc2ccccc2)c2nc3c(C(C)C)cccc3s2)cc1. The molecule has 3 aromatic carbocycles. The number of benzene rings is 3. The number of aryl methyl sites for hydroxylation is 1. The number of rotatable bonds is 6. The largest absolute Gasteiger partial charge is 0.283 e. The summed E-state index contributed by atoms with van der Waals surface area (Å²) in [6, 6.07) is 24.6. The first-order valence-electron chi connectivity index (χ1n) is 10.3. The number of hydrogen-bond acceptors (Lipinski definition) is 3. The number of hydrogen-bond donors (Lipinski definition) is 0. The second-order valence-corrected chi connectivity index (χ2v) is 8.98. The number of fused-ring (bicyclic) bond motifs is 1. The van der Waals surface area contributed by atoms with Crippen LogP contribution in [0.4, 0.5) is 5.13 Å². The van der Waals surface area contributed by atoms with E-state index in [1.807, 2.05) is 35.2 Å². The molecule has 1 heterocycles. The maximum Gasteiger partial charge on any atom is 0.233 e. The van der Waals surface area contributed by atoms with Gasteiger partial charge in [0, 0.05) is 0 Å². The van der Waals surface area contributed by atoms with Crippen LogP contribution < -0.4 is 4.90 Å². The van der Waals surface area contributed by atoms with Gasteiger partial charge in [0.15, 0.2) is 5.13 Å². The molecule has 0 saturated heterocycles. The van der Waals surface area contributed by atoms with Crippen LogP contribution in [0.15, 0.2) is 72.8 Å². The molecule has 0 atom stereocenters. The maximum atomic E-state index is 13.4. The molecule has 0 unspecified atom stereocenters. The third-order valence-corrected chi connectivity index (χ3v) is 6.30. The summed E-state index contributed by atoms with van der Waals surface area (Å²) in [6.07, 6.45) is 0.361. The van der Waals surface area contributed by atoms with Crippen LogP contribution in [-0.2, 0) is 17.8 Å². The topological polar surface area (TPSA) is 33.2 Å². The molecule has 0 aliphatic carbocycles. The van der Waals surface area contributed by atoms with Gasteiger partial charge in [-0.1, -0.05) is 97.5 Å². The summed E-state index contributed by atoms with van der Waals surface area (Å²) < 4.78 is 1.12. The van der Waals surface area contributed by atoms with Crippen LogP contribution in [-0.4, -0.2) is 10.9 Å². The molecule has 0 aliphatic heterocycles. The lowest BCUT2D eigenvalue weighted by Gasteiger charge is -2.20. The van der Waals surface area contributed by atoms with Gasteiger partial charge in [-0.3, -0.25) is 9.69 Å². The summed E-state index contributed by atoms with van der Waals surface area (Å²) >= 11 is 1.59. The van der Waals surface area contributed by atoms with Crippen LogP contribution in [0, 0.1) is 6.92 Å². The highest BCUT2D eigenvalue weighted by Gasteiger charge is 2.21. The fourth-order valence-corrected chi connectivity index (χ4v) is 4.56. The molecule has 152 valence electrons. The second-order valence-electron chi connectivity index (χ2n) is 7.97. The quantitative estimate of drug-likeness (QED) is 0.361. The van der Waals surface area contributed by atoms with E-state index in [1.165, 1.54) is 11.1 Å². The zero-order chi connectivity index (χ0) is 21.1. The zero-order valence-electron chi connectivity index (χ0n) is 17.6. The van der Waals surface area contributed by atoms with Crippen molar-refractivity contribution in [2.75, 3.05) is 4.90 Å². The highest BCUT2D eigenvalue weighted by atomic mass is 32.1. The Balaban J connectivity index is 1.71. The van der Waals surface area contributed by atoms with Crippen molar-refractivity contribution < 1.29 is 4.79 Å².